The van der Waals surface area contributed by atoms with Gasteiger partial charge in [0.25, 0.3) is 0 Å². The number of phenols is 1. The van der Waals surface area contributed by atoms with Gasteiger partial charge in [-0.3, -0.25) is 47.9 Å². The topological polar surface area (TPSA) is 444 Å². The van der Waals surface area contributed by atoms with Crippen LogP contribution in [0.1, 0.15) is 90.7 Å². The maximum absolute atomic E-state index is 14.7. The Morgan fingerprint density at radius 2 is 1.24 bits per heavy atom. The van der Waals surface area contributed by atoms with Gasteiger partial charge in [-0.1, -0.05) is 58.0 Å². The number of aliphatic hydroxyl groups is 2. The van der Waals surface area contributed by atoms with Crippen molar-refractivity contribution in [2.24, 2.45) is 23.3 Å². The van der Waals surface area contributed by atoms with Crippen LogP contribution in [0.2, 0.25) is 0 Å². The number of carbonyl (C=O) groups excluding carboxylic acids is 9. The van der Waals surface area contributed by atoms with Gasteiger partial charge in [0.05, 0.1) is 25.2 Å². The number of aromatic nitrogens is 1. The Morgan fingerprint density at radius 3 is 1.84 bits per heavy atom. The summed E-state index contributed by atoms with van der Waals surface area (Å²) in [7, 11) is 0. The summed E-state index contributed by atoms with van der Waals surface area (Å²) in [5.74, 6) is -12.1. The van der Waals surface area contributed by atoms with Crippen LogP contribution in [0.3, 0.4) is 0 Å². The molecule has 1 saturated heterocycles. The molecule has 0 aliphatic carbocycles. The maximum atomic E-state index is 14.7. The number of aromatic amines is 1. The number of phenolic OH excluding ortho intramolecular Hbond substituents is 1. The van der Waals surface area contributed by atoms with E-state index >= 15 is 0 Å². The van der Waals surface area contributed by atoms with E-state index in [1.165, 1.54) is 36.1 Å². The van der Waals surface area contributed by atoms with E-state index in [9.17, 15) is 78.3 Å². The summed E-state index contributed by atoms with van der Waals surface area (Å²) < 4.78 is 0. The first-order valence-corrected chi connectivity index (χ1v) is 26.2. The maximum Gasteiger partial charge on any atom is 0.328 e. The number of rotatable bonds is 31. The van der Waals surface area contributed by atoms with E-state index in [1.807, 2.05) is 13.8 Å². The van der Waals surface area contributed by atoms with Crippen LogP contribution in [-0.4, -0.2) is 174 Å². The van der Waals surface area contributed by atoms with Crippen molar-refractivity contribution < 1.29 is 78.3 Å². The fourth-order valence-corrected chi connectivity index (χ4v) is 9.03. The molecule has 1 fully saturated rings. The van der Waals surface area contributed by atoms with Crippen LogP contribution < -0.4 is 48.7 Å². The molecule has 0 unspecified atom stereocenters. The lowest BCUT2D eigenvalue weighted by atomic mass is 10.0. The molecule has 10 atom stereocenters. The number of hydrogen-bond acceptors (Lipinski definition) is 15. The van der Waals surface area contributed by atoms with E-state index in [0.717, 1.165) is 0 Å². The lowest BCUT2D eigenvalue weighted by Crippen LogP contribution is -2.61. The lowest BCUT2D eigenvalue weighted by Gasteiger charge is -2.31. The predicted molar refractivity (Wildman–Crippen MR) is 286 cm³/mol. The molecule has 3 aromatic rings. The fourth-order valence-electron chi connectivity index (χ4n) is 9.03. The largest absolute Gasteiger partial charge is 0.508 e. The van der Waals surface area contributed by atoms with Crippen LogP contribution in [0.25, 0.3) is 10.9 Å². The minimum Gasteiger partial charge on any atom is -0.508 e. The molecule has 438 valence electrons. The molecule has 4 rings (SSSR count). The smallest absolute Gasteiger partial charge is 0.328 e. The predicted octanol–water partition coefficient (Wildman–Crippen LogP) is -2.34. The highest BCUT2D eigenvalue weighted by atomic mass is 16.4. The molecule has 1 aromatic heterocycles. The van der Waals surface area contributed by atoms with Gasteiger partial charge in [-0.25, -0.2) is 4.79 Å². The van der Waals surface area contributed by atoms with Crippen LogP contribution >= 0.6 is 0 Å². The first kappa shape index (κ1) is 64.4. The SMILES string of the molecule is CC(C)C[C@H](NC(=O)[C@@H]1CCCN1C(=O)[C@H](Cc1c[nH]c2ccccc12)NC(=O)[C@H](CO)NC(=O)[C@H](CC(=O)O)NC(=O)[C@H](Cc1ccc(O)cc1)NC(=O)[C@H](CCC(N)=O)NC(=O)[C@@H](N)CC(C)C)C(=O)N[C@H](C(=O)O)[C@@H](C)O. The van der Waals surface area contributed by atoms with Crippen LogP contribution in [0.15, 0.2) is 54.7 Å². The highest BCUT2D eigenvalue weighted by molar-refractivity contribution is 5.99. The number of para-hydroxylation sites is 1. The molecule has 0 bridgehead atoms. The number of fused-ring (bicyclic) bond motifs is 1. The van der Waals surface area contributed by atoms with Crippen molar-refractivity contribution in [1.82, 2.24) is 47.1 Å². The number of aliphatic carboxylic acids is 2. The zero-order valence-corrected chi connectivity index (χ0v) is 45.2. The van der Waals surface area contributed by atoms with Gasteiger partial charge in [-0.2, -0.15) is 0 Å². The van der Waals surface area contributed by atoms with E-state index in [-0.39, 0.29) is 69.1 Å². The van der Waals surface area contributed by atoms with Crippen molar-refractivity contribution in [2.75, 3.05) is 13.2 Å². The van der Waals surface area contributed by atoms with E-state index in [4.69, 9.17) is 11.5 Å². The number of primary amides is 1. The summed E-state index contributed by atoms with van der Waals surface area (Å²) in [6, 6.07) is -1.40. The number of nitrogens with zero attached hydrogens (tertiary/aromatic N) is 1. The van der Waals surface area contributed by atoms with Crippen LogP contribution in [0.5, 0.6) is 5.75 Å². The Balaban J connectivity index is 1.61. The Hall–Kier alpha value is -8.17. The van der Waals surface area contributed by atoms with Crippen molar-refractivity contribution in [3.8, 4) is 5.75 Å². The number of amides is 9. The third-order valence-electron chi connectivity index (χ3n) is 13.1. The normalized spacial score (nSPS) is 16.6. The second-order valence-corrected chi connectivity index (χ2v) is 20.7. The van der Waals surface area contributed by atoms with Crippen molar-refractivity contribution in [3.63, 3.8) is 0 Å². The number of nitrogens with one attached hydrogen (secondary N) is 8. The van der Waals surface area contributed by atoms with Crippen molar-refractivity contribution in [1.29, 1.82) is 0 Å². The second-order valence-electron chi connectivity index (χ2n) is 20.7. The van der Waals surface area contributed by atoms with Gasteiger partial charge in [0.2, 0.25) is 53.2 Å². The summed E-state index contributed by atoms with van der Waals surface area (Å²) in [5.41, 5.74) is 12.9. The van der Waals surface area contributed by atoms with Gasteiger partial charge in [-0.05, 0) is 80.2 Å². The third-order valence-corrected chi connectivity index (χ3v) is 13.1. The second kappa shape index (κ2) is 30.3. The van der Waals surface area contributed by atoms with Crippen molar-refractivity contribution in [3.05, 3.63) is 65.9 Å². The van der Waals surface area contributed by atoms with Gasteiger partial charge in [0.1, 0.15) is 48.0 Å². The fraction of sp³-hybridized carbons (Fsp3) is 0.528. The molecular formula is C53H75N11O16. The molecule has 1 aliphatic rings. The summed E-state index contributed by atoms with van der Waals surface area (Å²) in [4.78, 5) is 152. The van der Waals surface area contributed by atoms with E-state index in [1.54, 1.807) is 44.3 Å². The van der Waals surface area contributed by atoms with Crippen molar-refractivity contribution in [2.45, 2.75) is 153 Å². The van der Waals surface area contributed by atoms with Gasteiger partial charge in [-0.15, -0.1) is 0 Å². The zero-order chi connectivity index (χ0) is 59.5. The minimum absolute atomic E-state index is 0.00138. The van der Waals surface area contributed by atoms with Crippen LogP contribution in [0.4, 0.5) is 0 Å². The highest BCUT2D eigenvalue weighted by Gasteiger charge is 2.41. The number of benzene rings is 2. The number of likely N-dealkylation sites (tertiary alicyclic amines) is 1. The number of aliphatic hydroxyl groups excluding tert-OH is 2. The van der Waals surface area contributed by atoms with Crippen LogP contribution in [0, 0.1) is 11.8 Å². The van der Waals surface area contributed by atoms with E-state index in [0.29, 0.717) is 28.5 Å². The van der Waals surface area contributed by atoms with Gasteiger partial charge < -0.3 is 84.1 Å². The summed E-state index contributed by atoms with van der Waals surface area (Å²) in [6.07, 6.45) is -1.59. The molecule has 27 heteroatoms. The number of aromatic hydroxyl groups is 1. The summed E-state index contributed by atoms with van der Waals surface area (Å²) in [6.45, 7) is 7.19. The molecule has 2 aromatic carbocycles. The molecule has 0 radical (unpaired) electrons. The first-order chi connectivity index (χ1) is 37.7. The van der Waals surface area contributed by atoms with Gasteiger partial charge in [0.15, 0.2) is 6.04 Å². The number of nitrogens with two attached hydrogens (primary N) is 2. The summed E-state index contributed by atoms with van der Waals surface area (Å²) in [5, 5.41) is 67.5. The van der Waals surface area contributed by atoms with E-state index < -0.39 is 139 Å². The van der Waals surface area contributed by atoms with Gasteiger partial charge in [0, 0.05) is 42.9 Å². The molecule has 80 heavy (non-hydrogen) atoms. The van der Waals surface area contributed by atoms with E-state index in [2.05, 4.69) is 42.2 Å². The molecular weight excluding hydrogens is 1050 g/mol. The molecule has 0 saturated carbocycles. The Morgan fingerprint density at radius 1 is 0.675 bits per heavy atom. The number of carbonyl (C=O) groups is 11. The number of carboxylic acid groups (broad SMARTS) is 2. The Kier molecular flexibility index (Phi) is 24.3. The number of hydrogen-bond donors (Lipinski definition) is 15. The standard InChI is InChI=1S/C53H75N11O16/c1-26(2)19-33(54)45(71)57-35(16-17-42(55)68)46(72)58-37(21-29-12-14-31(67)15-13-29)47(73)59-38(23-43(69)70)48(74)62-40(25-65)50(76)61-39(22-30-24-56-34-10-7-6-9-32(30)34)52(78)64-18-8-11-41(64)51(77)60-36(20-27(3)4)49(75)63-44(28(5)66)53(79)80/h6-7,9-10,12-15,24,26-28,33,35-41,44,56,65-67H,8,11,16-23,25,54H2,1-5H3,(H2,55,68)(H,57,71)(H,58,72)(H,59,73)(H,60,77)(H,61,76)(H,62,74)(H,63,75)(H,69,70)(H,79,80)/t28-,33+,35+,36+,37+,38+,39+,40+,41+,44+/m1/s1. The first-order valence-electron chi connectivity index (χ1n) is 26.2. The monoisotopic (exact) mass is 1120 g/mol. The zero-order valence-electron chi connectivity index (χ0n) is 45.2. The average Bonchev–Trinajstić information content (AvgIpc) is 4.05. The number of carboxylic acids is 2. The molecule has 27 nitrogen and oxygen atoms in total. The minimum atomic E-state index is -2.00. The average molecular weight is 1120 g/mol. The van der Waals surface area contributed by atoms with Gasteiger partial charge >= 0.3 is 11.9 Å². The third kappa shape index (κ3) is 19.3. The molecule has 1 aliphatic heterocycles. The lowest BCUT2D eigenvalue weighted by molar-refractivity contribution is -0.146. The summed E-state index contributed by atoms with van der Waals surface area (Å²) >= 11 is 0. The van der Waals surface area contributed by atoms with Crippen LogP contribution in [-0.2, 0) is 65.6 Å². The quantitative estimate of drug-likeness (QED) is 0.0321. The molecule has 9 amide bonds. The Labute approximate surface area is 461 Å². The molecule has 2 heterocycles. The Bertz CT molecular complexity index is 2700. The number of H-pyrrole nitrogens is 1. The molecule has 17 N–H and O–H groups in total. The highest BCUT2D eigenvalue weighted by Crippen LogP contribution is 2.24. The molecule has 0 spiro atoms. The van der Waals surface area contributed by atoms with Crippen molar-refractivity contribution >= 4 is 76.0 Å².